The quantitative estimate of drug-likeness (QED) is 0.463. The van der Waals surface area contributed by atoms with E-state index >= 15 is 0 Å². The number of benzene rings is 1. The molecule has 0 saturated heterocycles. The molecule has 4 nitrogen and oxygen atoms in total. The topological polar surface area (TPSA) is 46.6 Å². The van der Waals surface area contributed by atoms with Gasteiger partial charge in [-0.15, -0.1) is 0 Å². The van der Waals surface area contributed by atoms with E-state index in [1.165, 1.54) is 6.08 Å². The Kier molecular flexibility index (Phi) is 3.51. The molecule has 0 amide bonds. The molecule has 0 spiro atoms. The van der Waals surface area contributed by atoms with Crippen LogP contribution in [0.3, 0.4) is 0 Å². The van der Waals surface area contributed by atoms with E-state index in [-0.39, 0.29) is 0 Å². The summed E-state index contributed by atoms with van der Waals surface area (Å²) in [4.78, 5) is 24.7. The van der Waals surface area contributed by atoms with Crippen LogP contribution in [-0.4, -0.2) is 26.0 Å². The molecular weight excluding hydrogens is 242 g/mol. The lowest BCUT2D eigenvalue weighted by molar-refractivity contribution is -0.153. The van der Waals surface area contributed by atoms with Crippen molar-refractivity contribution in [3.05, 3.63) is 47.1 Å². The average Bonchev–Trinajstić information content (AvgIpc) is 2.34. The van der Waals surface area contributed by atoms with Gasteiger partial charge in [-0.25, -0.2) is 9.59 Å². The molecule has 1 aliphatic heterocycles. The van der Waals surface area contributed by atoms with Crippen molar-refractivity contribution in [3.63, 3.8) is 0 Å². The van der Waals surface area contributed by atoms with Crippen molar-refractivity contribution in [2.75, 3.05) is 19.0 Å². The average molecular weight is 257 g/mol. The lowest BCUT2D eigenvalue weighted by atomic mass is 10.0. The summed E-state index contributed by atoms with van der Waals surface area (Å²) in [5.74, 6) is -1.20. The number of ether oxygens (including phenoxy) is 1. The summed E-state index contributed by atoms with van der Waals surface area (Å²) < 4.78 is 4.57. The highest BCUT2D eigenvalue weighted by Crippen LogP contribution is 2.21. The standard InChI is InChI=1S/C15H15NO3/c1-10-8-14(17)19-15(18)13(10)9-11-4-6-12(7-5-11)16(2)3/h4-9H,1-3H3/b13-9+. The zero-order valence-electron chi connectivity index (χ0n) is 11.1. The van der Waals surface area contributed by atoms with Gasteiger partial charge in [-0.1, -0.05) is 12.1 Å². The lowest BCUT2D eigenvalue weighted by Crippen LogP contribution is -2.18. The molecule has 0 saturated carbocycles. The third-order valence-electron chi connectivity index (χ3n) is 2.89. The van der Waals surface area contributed by atoms with Crippen molar-refractivity contribution in [2.45, 2.75) is 6.92 Å². The molecule has 0 unspecified atom stereocenters. The molecule has 2 rings (SSSR count). The van der Waals surface area contributed by atoms with Crippen molar-refractivity contribution in [2.24, 2.45) is 0 Å². The minimum Gasteiger partial charge on any atom is -0.386 e. The third kappa shape index (κ3) is 2.91. The molecule has 0 radical (unpaired) electrons. The van der Waals surface area contributed by atoms with E-state index in [1.54, 1.807) is 13.0 Å². The summed E-state index contributed by atoms with van der Waals surface area (Å²) in [7, 11) is 3.93. The molecule has 0 bridgehead atoms. The second kappa shape index (κ2) is 5.10. The number of nitrogens with zero attached hydrogens (tertiary/aromatic N) is 1. The first-order valence-corrected chi connectivity index (χ1v) is 5.91. The van der Waals surface area contributed by atoms with Gasteiger partial charge >= 0.3 is 11.9 Å². The smallest absolute Gasteiger partial charge is 0.346 e. The van der Waals surface area contributed by atoms with E-state index < -0.39 is 11.9 Å². The van der Waals surface area contributed by atoms with Gasteiger partial charge in [-0.05, 0) is 36.3 Å². The van der Waals surface area contributed by atoms with E-state index in [4.69, 9.17) is 0 Å². The highest BCUT2D eigenvalue weighted by molar-refractivity contribution is 6.09. The van der Waals surface area contributed by atoms with Crippen LogP contribution in [0.5, 0.6) is 0 Å². The second-order valence-electron chi connectivity index (χ2n) is 4.58. The Bertz CT molecular complexity index is 580. The van der Waals surface area contributed by atoms with Crippen LogP contribution in [0.25, 0.3) is 6.08 Å². The van der Waals surface area contributed by atoms with Gasteiger partial charge in [0.2, 0.25) is 0 Å². The van der Waals surface area contributed by atoms with Gasteiger partial charge in [0.15, 0.2) is 0 Å². The Labute approximate surface area is 112 Å². The maximum atomic E-state index is 11.6. The zero-order chi connectivity index (χ0) is 14.0. The van der Waals surface area contributed by atoms with Crippen LogP contribution < -0.4 is 4.90 Å². The van der Waals surface area contributed by atoms with Crippen molar-refractivity contribution >= 4 is 23.7 Å². The van der Waals surface area contributed by atoms with Crippen LogP contribution in [-0.2, 0) is 14.3 Å². The molecule has 98 valence electrons. The fourth-order valence-electron chi connectivity index (χ4n) is 1.80. The first-order valence-electron chi connectivity index (χ1n) is 5.91. The first-order chi connectivity index (χ1) is 8.97. The number of esters is 2. The number of hydrogen-bond donors (Lipinski definition) is 0. The Morgan fingerprint density at radius 1 is 1.11 bits per heavy atom. The number of hydrogen-bond acceptors (Lipinski definition) is 4. The Balaban J connectivity index is 2.33. The second-order valence-corrected chi connectivity index (χ2v) is 4.58. The van der Waals surface area contributed by atoms with Crippen LogP contribution in [0.15, 0.2) is 41.5 Å². The molecule has 1 heterocycles. The van der Waals surface area contributed by atoms with Gasteiger partial charge in [0, 0.05) is 25.9 Å². The number of carbonyl (C=O) groups excluding carboxylic acids is 2. The first kappa shape index (κ1) is 13.1. The van der Waals surface area contributed by atoms with Crippen LogP contribution in [0, 0.1) is 0 Å². The van der Waals surface area contributed by atoms with Gasteiger partial charge < -0.3 is 9.64 Å². The van der Waals surface area contributed by atoms with Crippen molar-refractivity contribution < 1.29 is 14.3 Å². The van der Waals surface area contributed by atoms with Gasteiger partial charge in [0.25, 0.3) is 0 Å². The largest absolute Gasteiger partial charge is 0.386 e. The molecule has 0 fully saturated rings. The molecule has 0 N–H and O–H groups in total. The Hall–Kier alpha value is -2.36. The highest BCUT2D eigenvalue weighted by Gasteiger charge is 2.22. The molecule has 0 aromatic heterocycles. The van der Waals surface area contributed by atoms with Crippen LogP contribution in [0.4, 0.5) is 5.69 Å². The van der Waals surface area contributed by atoms with Crippen molar-refractivity contribution in [1.29, 1.82) is 0 Å². The minimum atomic E-state index is -0.609. The number of anilines is 1. The monoisotopic (exact) mass is 257 g/mol. The van der Waals surface area contributed by atoms with E-state index in [0.717, 1.165) is 11.3 Å². The maximum absolute atomic E-state index is 11.6. The summed E-state index contributed by atoms with van der Waals surface area (Å²) in [5.41, 5.74) is 3.01. The van der Waals surface area contributed by atoms with Crippen LogP contribution >= 0.6 is 0 Å². The summed E-state index contributed by atoms with van der Waals surface area (Å²) in [5, 5.41) is 0. The van der Waals surface area contributed by atoms with Gasteiger partial charge in [0.1, 0.15) is 0 Å². The fourth-order valence-corrected chi connectivity index (χ4v) is 1.80. The van der Waals surface area contributed by atoms with Crippen molar-refractivity contribution in [3.8, 4) is 0 Å². The summed E-state index contributed by atoms with van der Waals surface area (Å²) in [6, 6.07) is 7.76. The van der Waals surface area contributed by atoms with Crippen molar-refractivity contribution in [1.82, 2.24) is 0 Å². The van der Waals surface area contributed by atoms with E-state index in [0.29, 0.717) is 11.1 Å². The predicted molar refractivity (Wildman–Crippen MR) is 73.6 cm³/mol. The summed E-state index contributed by atoms with van der Waals surface area (Å²) in [6.45, 7) is 1.72. The third-order valence-corrected chi connectivity index (χ3v) is 2.89. The molecule has 1 aromatic rings. The number of carbonyl (C=O) groups is 2. The molecule has 19 heavy (non-hydrogen) atoms. The van der Waals surface area contributed by atoms with E-state index in [1.807, 2.05) is 43.3 Å². The Morgan fingerprint density at radius 2 is 1.74 bits per heavy atom. The maximum Gasteiger partial charge on any atom is 0.346 e. The van der Waals surface area contributed by atoms with Crippen LogP contribution in [0.2, 0.25) is 0 Å². The Morgan fingerprint density at radius 3 is 2.26 bits per heavy atom. The molecule has 1 aliphatic rings. The highest BCUT2D eigenvalue weighted by atomic mass is 16.6. The van der Waals surface area contributed by atoms with Gasteiger partial charge in [-0.3, -0.25) is 0 Å². The fraction of sp³-hybridized carbons (Fsp3) is 0.200. The molecule has 0 aliphatic carbocycles. The minimum absolute atomic E-state index is 0.414. The molecule has 0 atom stereocenters. The SMILES string of the molecule is CC1=CC(=O)OC(=O)/C1=C/c1ccc(N(C)C)cc1. The van der Waals surface area contributed by atoms with Gasteiger partial charge in [-0.2, -0.15) is 0 Å². The van der Waals surface area contributed by atoms with E-state index in [9.17, 15) is 9.59 Å². The number of rotatable bonds is 2. The summed E-state index contributed by atoms with van der Waals surface area (Å²) >= 11 is 0. The number of cyclic esters (lactones) is 2. The summed E-state index contributed by atoms with van der Waals surface area (Å²) in [6.07, 6.45) is 3.04. The molecular formula is C15H15NO3. The van der Waals surface area contributed by atoms with Crippen LogP contribution in [0.1, 0.15) is 12.5 Å². The molecule has 4 heteroatoms. The lowest BCUT2D eigenvalue weighted by Gasteiger charge is -2.13. The van der Waals surface area contributed by atoms with Gasteiger partial charge in [0.05, 0.1) is 5.57 Å². The normalized spacial score (nSPS) is 17.2. The zero-order valence-corrected chi connectivity index (χ0v) is 11.1. The molecule has 1 aromatic carbocycles. The van der Waals surface area contributed by atoms with E-state index in [2.05, 4.69) is 4.74 Å². The predicted octanol–water partition coefficient (Wildman–Crippen LogP) is 2.17.